The fourth-order valence-corrected chi connectivity index (χ4v) is 4.99. The minimum atomic E-state index is -1.59. The molecule has 3 aromatic carbocycles. The highest BCUT2D eigenvalue weighted by Crippen LogP contribution is 2.34. The maximum atomic E-state index is 13.1. The van der Waals surface area contributed by atoms with E-state index in [1.165, 1.54) is 6.08 Å². The number of carbonyl (C=O) groups is 2. The van der Waals surface area contributed by atoms with Crippen LogP contribution in [0.1, 0.15) is 40.8 Å². The van der Waals surface area contributed by atoms with E-state index in [1.54, 1.807) is 49.6 Å². The molecule has 0 radical (unpaired) electrons. The van der Waals surface area contributed by atoms with Gasteiger partial charge in [-0.1, -0.05) is 48.0 Å². The molecule has 1 aliphatic rings. The zero-order valence-corrected chi connectivity index (χ0v) is 24.8. The van der Waals surface area contributed by atoms with Crippen LogP contribution in [0.2, 0.25) is 5.02 Å². The van der Waals surface area contributed by atoms with Gasteiger partial charge in [-0.05, 0) is 54.4 Å². The molecule has 4 N–H and O–H groups in total. The summed E-state index contributed by atoms with van der Waals surface area (Å²) in [5.74, 6) is 1.22. The molecule has 1 atom stereocenters. The van der Waals surface area contributed by atoms with Gasteiger partial charge in [0.05, 0.1) is 24.9 Å². The van der Waals surface area contributed by atoms with Gasteiger partial charge in [0, 0.05) is 35.3 Å². The molecule has 2 amide bonds. The zero-order chi connectivity index (χ0) is 31.2. The van der Waals surface area contributed by atoms with E-state index in [9.17, 15) is 19.6 Å². The van der Waals surface area contributed by atoms with Gasteiger partial charge < -0.3 is 25.4 Å². The fourth-order valence-electron chi connectivity index (χ4n) is 4.87. The van der Waals surface area contributed by atoms with Crippen molar-refractivity contribution in [3.05, 3.63) is 106 Å². The SMILES string of the molecule is COc1ccc2c(c1)C(c1ccc(Cl)cc1)=N[C@@H](CC(=O)NCCNC(=O)C=Cc1cccc(B(O)O)c1)c1nnc(C)n1-2. The van der Waals surface area contributed by atoms with Crippen molar-refractivity contribution in [2.45, 2.75) is 19.4 Å². The Morgan fingerprint density at radius 1 is 1.05 bits per heavy atom. The highest BCUT2D eigenvalue weighted by Gasteiger charge is 2.30. The summed E-state index contributed by atoms with van der Waals surface area (Å²) in [7, 11) is 0.00894. The van der Waals surface area contributed by atoms with E-state index in [2.05, 4.69) is 20.8 Å². The van der Waals surface area contributed by atoms with Crippen molar-refractivity contribution in [2.75, 3.05) is 20.2 Å². The number of methoxy groups -OCH3 is 1. The molecule has 0 saturated carbocycles. The Morgan fingerprint density at radius 3 is 2.57 bits per heavy atom. The van der Waals surface area contributed by atoms with Crippen LogP contribution in [0.4, 0.5) is 0 Å². The Bertz CT molecular complexity index is 1740. The van der Waals surface area contributed by atoms with Crippen molar-refractivity contribution in [1.29, 1.82) is 0 Å². The Balaban J connectivity index is 1.29. The summed E-state index contributed by atoms with van der Waals surface area (Å²) in [5.41, 5.74) is 4.07. The van der Waals surface area contributed by atoms with Crippen molar-refractivity contribution in [3.63, 3.8) is 0 Å². The maximum Gasteiger partial charge on any atom is 0.488 e. The molecule has 0 fully saturated rings. The number of carbonyl (C=O) groups excluding carboxylic acids is 2. The highest BCUT2D eigenvalue weighted by molar-refractivity contribution is 6.58. The number of aromatic nitrogens is 3. The van der Waals surface area contributed by atoms with Gasteiger partial charge in [-0.2, -0.15) is 0 Å². The van der Waals surface area contributed by atoms with Crippen LogP contribution >= 0.6 is 11.6 Å². The van der Waals surface area contributed by atoms with Crippen molar-refractivity contribution >= 4 is 47.8 Å². The molecule has 0 unspecified atom stereocenters. The third kappa shape index (κ3) is 7.05. The molecule has 2 heterocycles. The van der Waals surface area contributed by atoms with Gasteiger partial charge in [-0.15, -0.1) is 10.2 Å². The second-order valence-electron chi connectivity index (χ2n) is 10.0. The number of halogens is 1. The third-order valence-electron chi connectivity index (χ3n) is 7.01. The molecular weight excluding hydrogens is 583 g/mol. The van der Waals surface area contributed by atoms with Crippen LogP contribution in [-0.2, 0) is 9.59 Å². The number of benzene rings is 3. The monoisotopic (exact) mass is 612 g/mol. The van der Waals surface area contributed by atoms with Crippen LogP contribution < -0.4 is 20.8 Å². The number of hydrogen-bond acceptors (Lipinski definition) is 8. The van der Waals surface area contributed by atoms with E-state index in [4.69, 9.17) is 21.3 Å². The Hall–Kier alpha value is -4.78. The van der Waals surface area contributed by atoms with E-state index in [1.807, 2.05) is 41.8 Å². The largest absolute Gasteiger partial charge is 0.497 e. The molecule has 0 bridgehead atoms. The van der Waals surface area contributed by atoms with Crippen LogP contribution in [0.15, 0.2) is 77.8 Å². The molecule has 5 rings (SSSR count). The first-order valence-corrected chi connectivity index (χ1v) is 14.2. The highest BCUT2D eigenvalue weighted by atomic mass is 35.5. The van der Waals surface area contributed by atoms with Gasteiger partial charge in [0.2, 0.25) is 11.8 Å². The van der Waals surface area contributed by atoms with Crippen LogP contribution in [0.3, 0.4) is 0 Å². The van der Waals surface area contributed by atoms with Gasteiger partial charge in [0.15, 0.2) is 5.82 Å². The quantitative estimate of drug-likeness (QED) is 0.122. The van der Waals surface area contributed by atoms with E-state index >= 15 is 0 Å². The standard InChI is InChI=1S/C31H30BClN6O5/c1-19-37-38-31-26(18-29(41)35-15-14-34-28(40)13-6-20-4-3-5-22(16-20)32(42)43)36-30(21-7-9-23(33)10-8-21)25-17-24(44-2)11-12-27(25)39(19)31/h3-13,16-17,26,42-43H,14-15,18H2,1-2H3,(H,34,40)(H,35,41)/t26-/m0/s1. The Labute approximate surface area is 259 Å². The maximum absolute atomic E-state index is 13.1. The van der Waals surface area contributed by atoms with Gasteiger partial charge >= 0.3 is 7.12 Å². The summed E-state index contributed by atoms with van der Waals surface area (Å²) in [4.78, 5) is 30.4. The molecule has 224 valence electrons. The number of aliphatic imine (C=N–C) groups is 1. The molecule has 13 heteroatoms. The lowest BCUT2D eigenvalue weighted by Gasteiger charge is -2.14. The number of aryl methyl sites for hydroxylation is 1. The Kier molecular flexibility index (Phi) is 9.54. The zero-order valence-electron chi connectivity index (χ0n) is 24.1. The third-order valence-corrected chi connectivity index (χ3v) is 7.26. The minimum Gasteiger partial charge on any atom is -0.497 e. The smallest absolute Gasteiger partial charge is 0.488 e. The average molecular weight is 613 g/mol. The molecule has 1 aromatic heterocycles. The predicted molar refractivity (Wildman–Crippen MR) is 168 cm³/mol. The van der Waals surface area contributed by atoms with Crippen LogP contribution in [0.5, 0.6) is 5.75 Å². The number of hydrogen-bond donors (Lipinski definition) is 4. The molecule has 11 nitrogen and oxygen atoms in total. The van der Waals surface area contributed by atoms with Crippen molar-refractivity contribution < 1.29 is 24.4 Å². The molecule has 44 heavy (non-hydrogen) atoms. The van der Waals surface area contributed by atoms with Gasteiger partial charge in [0.25, 0.3) is 0 Å². The predicted octanol–water partition coefficient (Wildman–Crippen LogP) is 2.15. The van der Waals surface area contributed by atoms with E-state index in [0.717, 1.165) is 16.8 Å². The first-order valence-electron chi connectivity index (χ1n) is 13.9. The minimum absolute atomic E-state index is 0.00123. The number of amides is 2. The molecule has 0 saturated heterocycles. The summed E-state index contributed by atoms with van der Waals surface area (Å²) >= 11 is 6.16. The lowest BCUT2D eigenvalue weighted by Crippen LogP contribution is -2.34. The Morgan fingerprint density at radius 2 is 1.82 bits per heavy atom. The summed E-state index contributed by atoms with van der Waals surface area (Å²) in [6.45, 7) is 2.25. The van der Waals surface area contributed by atoms with Crippen LogP contribution in [0.25, 0.3) is 11.8 Å². The average Bonchev–Trinajstić information content (AvgIpc) is 3.35. The molecular formula is C31H30BClN6O5. The van der Waals surface area contributed by atoms with Crippen molar-refractivity contribution in [2.24, 2.45) is 4.99 Å². The van der Waals surface area contributed by atoms with Gasteiger partial charge in [0.1, 0.15) is 17.6 Å². The first-order chi connectivity index (χ1) is 21.2. The van der Waals surface area contributed by atoms with E-state index in [0.29, 0.717) is 39.2 Å². The number of ether oxygens (including phenoxy) is 1. The molecule has 0 spiro atoms. The molecule has 0 aliphatic carbocycles. The first kappa shape index (κ1) is 30.7. The fraction of sp³-hybridized carbons (Fsp3) is 0.194. The summed E-state index contributed by atoms with van der Waals surface area (Å²) in [6.07, 6.45) is 2.90. The van der Waals surface area contributed by atoms with Gasteiger partial charge in [-0.25, -0.2) is 0 Å². The van der Waals surface area contributed by atoms with E-state index < -0.39 is 13.2 Å². The lowest BCUT2D eigenvalue weighted by molar-refractivity contribution is -0.122. The van der Waals surface area contributed by atoms with Gasteiger partial charge in [-0.3, -0.25) is 19.1 Å². The lowest BCUT2D eigenvalue weighted by atomic mass is 9.79. The summed E-state index contributed by atoms with van der Waals surface area (Å²) < 4.78 is 7.41. The molecule has 1 aliphatic heterocycles. The number of nitrogens with zero attached hydrogens (tertiary/aromatic N) is 4. The summed E-state index contributed by atoms with van der Waals surface area (Å²) in [6, 6.07) is 18.9. The second-order valence-corrected chi connectivity index (χ2v) is 10.5. The number of rotatable bonds is 10. The molecule has 4 aromatic rings. The summed E-state index contributed by atoms with van der Waals surface area (Å²) in [5, 5.41) is 33.4. The second kappa shape index (κ2) is 13.7. The van der Waals surface area contributed by atoms with Crippen molar-refractivity contribution in [1.82, 2.24) is 25.4 Å². The number of nitrogens with one attached hydrogen (secondary N) is 2. The topological polar surface area (TPSA) is 151 Å². The van der Waals surface area contributed by atoms with Crippen LogP contribution in [0, 0.1) is 6.92 Å². The van der Waals surface area contributed by atoms with E-state index in [-0.39, 0.29) is 31.3 Å². The number of fused-ring (bicyclic) bond motifs is 3. The normalized spacial score (nSPS) is 13.8. The van der Waals surface area contributed by atoms with Crippen molar-refractivity contribution in [3.8, 4) is 11.4 Å². The van der Waals surface area contributed by atoms with Crippen LogP contribution in [-0.4, -0.2) is 69.7 Å².